The van der Waals surface area contributed by atoms with Gasteiger partial charge in [-0.25, -0.2) is 13.4 Å². The molecule has 192 valence electrons. The number of nitrogens with zero attached hydrogens (tertiary/aromatic N) is 4. The van der Waals surface area contributed by atoms with Gasteiger partial charge in [0.15, 0.2) is 5.13 Å². The molecule has 2 aromatic heterocycles. The van der Waals surface area contributed by atoms with E-state index in [0.717, 1.165) is 15.3 Å². The zero-order valence-corrected chi connectivity index (χ0v) is 22.4. The summed E-state index contributed by atoms with van der Waals surface area (Å²) in [6.45, 7) is 2.22. The van der Waals surface area contributed by atoms with Crippen molar-refractivity contribution in [3.8, 4) is 0 Å². The molecule has 3 aromatic carbocycles. The number of para-hydroxylation sites is 2. The van der Waals surface area contributed by atoms with Gasteiger partial charge < -0.3 is 9.80 Å². The summed E-state index contributed by atoms with van der Waals surface area (Å²) in [6, 6.07) is 20.9. The Morgan fingerprint density at radius 2 is 1.74 bits per heavy atom. The van der Waals surface area contributed by atoms with E-state index in [1.807, 2.05) is 30.3 Å². The molecule has 38 heavy (non-hydrogen) atoms. The molecule has 0 atom stereocenters. The maximum atomic E-state index is 13.5. The summed E-state index contributed by atoms with van der Waals surface area (Å²) >= 11 is 7.69. The van der Waals surface area contributed by atoms with Gasteiger partial charge in [0, 0.05) is 42.8 Å². The van der Waals surface area contributed by atoms with Gasteiger partial charge in [0.25, 0.3) is 15.9 Å². The van der Waals surface area contributed by atoms with Crippen molar-refractivity contribution in [2.75, 3.05) is 35.8 Å². The van der Waals surface area contributed by atoms with Crippen molar-refractivity contribution >= 4 is 70.8 Å². The molecule has 1 N–H and O–H groups in total. The van der Waals surface area contributed by atoms with Crippen LogP contribution < -0.4 is 9.62 Å². The fourth-order valence-corrected chi connectivity index (χ4v) is 7.10. The van der Waals surface area contributed by atoms with Crippen molar-refractivity contribution in [2.45, 2.75) is 4.90 Å². The summed E-state index contributed by atoms with van der Waals surface area (Å²) in [4.78, 5) is 26.4. The number of hydrogen-bond acceptors (Lipinski definition) is 7. The van der Waals surface area contributed by atoms with Crippen LogP contribution in [0, 0.1) is 0 Å². The van der Waals surface area contributed by atoms with Crippen molar-refractivity contribution in [1.29, 1.82) is 0 Å². The van der Waals surface area contributed by atoms with Crippen LogP contribution in [0.25, 0.3) is 21.1 Å². The highest BCUT2D eigenvalue weighted by Crippen LogP contribution is 2.32. The molecule has 3 heterocycles. The topological polar surface area (TPSA) is 95.5 Å². The molecule has 0 aliphatic carbocycles. The van der Waals surface area contributed by atoms with Crippen LogP contribution in [0.15, 0.2) is 83.9 Å². The van der Waals surface area contributed by atoms with E-state index >= 15 is 0 Å². The van der Waals surface area contributed by atoms with E-state index in [1.165, 1.54) is 6.07 Å². The van der Waals surface area contributed by atoms with E-state index in [9.17, 15) is 13.2 Å². The monoisotopic (exact) mass is 563 g/mol. The highest BCUT2D eigenvalue weighted by atomic mass is 35.5. The largest absolute Gasteiger partial charge is 0.345 e. The van der Waals surface area contributed by atoms with Crippen molar-refractivity contribution in [3.63, 3.8) is 0 Å². The number of thiazole rings is 1. The van der Waals surface area contributed by atoms with Crippen LogP contribution in [0.4, 0.5) is 10.8 Å². The van der Waals surface area contributed by atoms with Crippen LogP contribution in [-0.4, -0.2) is 55.4 Å². The van der Waals surface area contributed by atoms with Crippen molar-refractivity contribution in [3.05, 3.63) is 89.6 Å². The van der Waals surface area contributed by atoms with Gasteiger partial charge in [-0.3, -0.25) is 14.5 Å². The lowest BCUT2D eigenvalue weighted by atomic mass is 10.1. The number of benzene rings is 3. The number of carbonyl (C=O) groups is 1. The number of sulfonamides is 1. The standard InChI is InChI=1S/C27H22ClN5O3S2/c28-19-10-11-22-23(17-19)37-27(30-22)33-15-13-32(14-16-33)26(34)20-7-1-2-8-21(20)31-38(35,36)24-9-3-5-18-6-4-12-29-25(18)24/h1-12,17,31H,13-16H2. The predicted octanol–water partition coefficient (Wildman–Crippen LogP) is 5.26. The van der Waals surface area contributed by atoms with Gasteiger partial charge in [0.05, 0.1) is 27.0 Å². The lowest BCUT2D eigenvalue weighted by molar-refractivity contribution is 0.0748. The van der Waals surface area contributed by atoms with Gasteiger partial charge in [-0.15, -0.1) is 0 Å². The maximum absolute atomic E-state index is 13.5. The number of rotatable bonds is 5. The first kappa shape index (κ1) is 24.6. The molecule has 6 rings (SSSR count). The molecule has 1 aliphatic rings. The summed E-state index contributed by atoms with van der Waals surface area (Å²) < 4.78 is 30.4. The fraction of sp³-hybridized carbons (Fsp3) is 0.148. The van der Waals surface area contributed by atoms with Gasteiger partial charge in [-0.1, -0.05) is 53.3 Å². The zero-order valence-electron chi connectivity index (χ0n) is 20.0. The Hall–Kier alpha value is -3.73. The third kappa shape index (κ3) is 4.66. The molecular weight excluding hydrogens is 542 g/mol. The highest BCUT2D eigenvalue weighted by Gasteiger charge is 2.27. The molecule has 0 saturated carbocycles. The van der Waals surface area contributed by atoms with Crippen molar-refractivity contribution in [1.82, 2.24) is 14.9 Å². The number of nitrogens with one attached hydrogen (secondary N) is 1. The Bertz CT molecular complexity index is 1780. The van der Waals surface area contributed by atoms with Crippen LogP contribution >= 0.6 is 22.9 Å². The predicted molar refractivity (Wildman–Crippen MR) is 152 cm³/mol. The van der Waals surface area contributed by atoms with E-state index < -0.39 is 10.0 Å². The Morgan fingerprint density at radius 3 is 2.58 bits per heavy atom. The van der Waals surface area contributed by atoms with E-state index in [4.69, 9.17) is 16.6 Å². The summed E-state index contributed by atoms with van der Waals surface area (Å²) in [5.41, 5.74) is 1.80. The van der Waals surface area contributed by atoms with Gasteiger partial charge in [0.2, 0.25) is 0 Å². The van der Waals surface area contributed by atoms with Gasteiger partial charge >= 0.3 is 0 Å². The number of anilines is 2. The fourth-order valence-electron chi connectivity index (χ4n) is 4.54. The number of fused-ring (bicyclic) bond motifs is 2. The molecule has 8 nitrogen and oxygen atoms in total. The smallest absolute Gasteiger partial charge is 0.264 e. The number of aromatic nitrogens is 2. The minimum Gasteiger partial charge on any atom is -0.345 e. The number of halogens is 1. The second kappa shape index (κ2) is 9.86. The summed E-state index contributed by atoms with van der Waals surface area (Å²) in [5.74, 6) is -0.227. The second-order valence-corrected chi connectivity index (χ2v) is 12.0. The van der Waals surface area contributed by atoms with Crippen molar-refractivity contribution in [2.24, 2.45) is 0 Å². The molecule has 0 unspecified atom stereocenters. The Balaban J connectivity index is 1.20. The summed E-state index contributed by atoms with van der Waals surface area (Å²) in [5, 5.41) is 2.29. The molecule has 11 heteroatoms. The summed E-state index contributed by atoms with van der Waals surface area (Å²) in [7, 11) is -4.00. The first-order chi connectivity index (χ1) is 18.4. The molecule has 5 aromatic rings. The third-order valence-corrected chi connectivity index (χ3v) is 9.17. The minimum absolute atomic E-state index is 0.0589. The molecule has 0 bridgehead atoms. The highest BCUT2D eigenvalue weighted by molar-refractivity contribution is 7.93. The van der Waals surface area contributed by atoms with Gasteiger partial charge in [-0.2, -0.15) is 0 Å². The lowest BCUT2D eigenvalue weighted by Gasteiger charge is -2.34. The van der Waals surface area contributed by atoms with E-state index in [-0.39, 0.29) is 16.5 Å². The quantitative estimate of drug-likeness (QED) is 0.313. The normalized spacial score (nSPS) is 14.2. The Labute approximate surface area is 228 Å². The zero-order chi connectivity index (χ0) is 26.3. The second-order valence-electron chi connectivity index (χ2n) is 8.87. The molecule has 1 aliphatic heterocycles. The van der Waals surface area contributed by atoms with E-state index in [1.54, 1.807) is 58.8 Å². The van der Waals surface area contributed by atoms with Gasteiger partial charge in [-0.05, 0) is 42.5 Å². The number of pyridine rings is 1. The Morgan fingerprint density at radius 1 is 0.947 bits per heavy atom. The average molecular weight is 564 g/mol. The van der Waals surface area contributed by atoms with Crippen LogP contribution in [0.2, 0.25) is 5.02 Å². The Kier molecular flexibility index (Phi) is 6.38. The SMILES string of the molecule is O=C(c1ccccc1NS(=O)(=O)c1cccc2cccnc12)N1CCN(c2nc3ccc(Cl)cc3s2)CC1. The molecule has 0 spiro atoms. The number of piperazine rings is 1. The minimum atomic E-state index is -4.00. The summed E-state index contributed by atoms with van der Waals surface area (Å²) in [6.07, 6.45) is 1.56. The van der Waals surface area contributed by atoms with Crippen LogP contribution in [-0.2, 0) is 10.0 Å². The first-order valence-corrected chi connectivity index (χ1v) is 14.6. The maximum Gasteiger partial charge on any atom is 0.264 e. The van der Waals surface area contributed by atoms with Gasteiger partial charge in [0.1, 0.15) is 4.90 Å². The van der Waals surface area contributed by atoms with E-state index in [2.05, 4.69) is 14.6 Å². The molecule has 0 radical (unpaired) electrons. The van der Waals surface area contributed by atoms with Crippen molar-refractivity contribution < 1.29 is 13.2 Å². The van der Waals surface area contributed by atoms with E-state index in [0.29, 0.717) is 47.7 Å². The number of carbonyl (C=O) groups excluding carboxylic acids is 1. The molecular formula is C27H22ClN5O3S2. The van der Waals surface area contributed by atoms with Crippen LogP contribution in [0.5, 0.6) is 0 Å². The molecule has 1 amide bonds. The molecule has 1 fully saturated rings. The molecule has 1 saturated heterocycles. The number of amides is 1. The van der Waals surface area contributed by atoms with Crippen LogP contribution in [0.3, 0.4) is 0 Å². The number of hydrogen-bond donors (Lipinski definition) is 1. The first-order valence-electron chi connectivity index (χ1n) is 11.9. The third-order valence-electron chi connectivity index (χ3n) is 6.46. The average Bonchev–Trinajstić information content (AvgIpc) is 3.36. The van der Waals surface area contributed by atoms with Crippen LogP contribution in [0.1, 0.15) is 10.4 Å². The lowest BCUT2D eigenvalue weighted by Crippen LogP contribution is -2.48.